The molecule has 0 spiro atoms. The molecule has 20 heavy (non-hydrogen) atoms. The van der Waals surface area contributed by atoms with Gasteiger partial charge in [0.25, 0.3) is 0 Å². The predicted octanol–water partition coefficient (Wildman–Crippen LogP) is 3.97. The van der Waals surface area contributed by atoms with E-state index in [0.717, 1.165) is 0 Å². The number of rotatable bonds is 6. The van der Waals surface area contributed by atoms with Crippen LogP contribution in [-0.2, 0) is 4.74 Å². The molecule has 0 radical (unpaired) electrons. The minimum atomic E-state index is -4.39. The third-order valence-corrected chi connectivity index (χ3v) is 2.94. The van der Waals surface area contributed by atoms with Crippen LogP contribution in [0.15, 0.2) is 12.1 Å². The van der Waals surface area contributed by atoms with Crippen molar-refractivity contribution < 1.29 is 22.6 Å². The molecule has 0 saturated heterocycles. The fourth-order valence-electron chi connectivity index (χ4n) is 1.49. The topological polar surface area (TPSA) is 44.5 Å². The third kappa shape index (κ3) is 5.36. The molecule has 8 heteroatoms. The Morgan fingerprint density at radius 2 is 1.90 bits per heavy atom. The summed E-state index contributed by atoms with van der Waals surface area (Å²) in [7, 11) is 0. The zero-order chi connectivity index (χ0) is 15.3. The molecular weight excluding hydrogens is 318 g/mol. The lowest BCUT2D eigenvalue weighted by atomic mass is 10.1. The van der Waals surface area contributed by atoms with E-state index in [9.17, 15) is 13.2 Å². The van der Waals surface area contributed by atoms with Gasteiger partial charge in [-0.05, 0) is 18.6 Å². The zero-order valence-electron chi connectivity index (χ0n) is 10.6. The number of benzene rings is 1. The summed E-state index contributed by atoms with van der Waals surface area (Å²) in [6.45, 7) is 0.525. The van der Waals surface area contributed by atoms with Gasteiger partial charge in [0.05, 0.1) is 24.3 Å². The maximum absolute atomic E-state index is 12.0. The van der Waals surface area contributed by atoms with Gasteiger partial charge in [-0.15, -0.1) is 0 Å². The number of halogens is 5. The lowest BCUT2D eigenvalue weighted by Crippen LogP contribution is -2.23. The lowest BCUT2D eigenvalue weighted by molar-refractivity contribution is -0.174. The van der Waals surface area contributed by atoms with Gasteiger partial charge in [-0.2, -0.15) is 13.2 Å². The molecule has 2 N–H and O–H groups in total. The molecule has 114 valence electrons. The van der Waals surface area contributed by atoms with Crippen LogP contribution in [0.25, 0.3) is 0 Å². The number of ether oxygens (including phenoxy) is 2. The van der Waals surface area contributed by atoms with Crippen molar-refractivity contribution in [2.45, 2.75) is 19.1 Å². The minimum Gasteiger partial charge on any atom is -0.492 e. The summed E-state index contributed by atoms with van der Waals surface area (Å²) in [6.07, 6.45) is -4.39. The fourth-order valence-corrected chi connectivity index (χ4v) is 2.01. The van der Waals surface area contributed by atoms with Gasteiger partial charge in [-0.3, -0.25) is 0 Å². The highest BCUT2D eigenvalue weighted by Gasteiger charge is 2.28. The van der Waals surface area contributed by atoms with Crippen LogP contribution in [0, 0.1) is 0 Å². The van der Waals surface area contributed by atoms with Gasteiger partial charge in [0, 0.05) is 11.1 Å². The molecule has 0 aliphatic rings. The monoisotopic (exact) mass is 331 g/mol. The van der Waals surface area contributed by atoms with Crippen molar-refractivity contribution in [3.05, 3.63) is 27.7 Å². The van der Waals surface area contributed by atoms with Crippen LogP contribution in [0.4, 0.5) is 13.2 Å². The minimum absolute atomic E-state index is 0.265. The summed E-state index contributed by atoms with van der Waals surface area (Å²) >= 11 is 12.0. The van der Waals surface area contributed by atoms with E-state index in [0.29, 0.717) is 17.9 Å². The van der Waals surface area contributed by atoms with Gasteiger partial charge in [0.15, 0.2) is 0 Å². The van der Waals surface area contributed by atoms with E-state index in [1.807, 2.05) is 0 Å². The molecule has 0 aromatic heterocycles. The summed E-state index contributed by atoms with van der Waals surface area (Å²) in [5, 5.41) is 0.554. The van der Waals surface area contributed by atoms with Crippen LogP contribution in [-0.4, -0.2) is 26.0 Å². The average Bonchev–Trinajstić information content (AvgIpc) is 2.32. The Morgan fingerprint density at radius 3 is 2.45 bits per heavy atom. The molecule has 1 unspecified atom stereocenters. The normalized spacial score (nSPS) is 13.3. The molecule has 0 amide bonds. The van der Waals surface area contributed by atoms with E-state index in [2.05, 4.69) is 4.74 Å². The van der Waals surface area contributed by atoms with Crippen molar-refractivity contribution >= 4 is 23.2 Å². The first-order valence-corrected chi connectivity index (χ1v) is 6.52. The summed E-state index contributed by atoms with van der Waals surface area (Å²) in [4.78, 5) is 0. The van der Waals surface area contributed by atoms with Crippen LogP contribution in [0.3, 0.4) is 0 Å². The Morgan fingerprint density at radius 1 is 1.25 bits per heavy atom. The Hall–Kier alpha value is -0.690. The van der Waals surface area contributed by atoms with E-state index in [1.165, 1.54) is 12.1 Å². The van der Waals surface area contributed by atoms with E-state index < -0.39 is 18.8 Å². The number of hydrogen-bond donors (Lipinski definition) is 1. The maximum Gasteiger partial charge on any atom is 0.411 e. The highest BCUT2D eigenvalue weighted by molar-refractivity contribution is 6.34. The van der Waals surface area contributed by atoms with Crippen LogP contribution in [0.2, 0.25) is 10.0 Å². The van der Waals surface area contributed by atoms with Crippen LogP contribution >= 0.6 is 23.2 Å². The van der Waals surface area contributed by atoms with Crippen molar-refractivity contribution in [2.24, 2.45) is 5.73 Å². The molecule has 1 aromatic carbocycles. The van der Waals surface area contributed by atoms with Crippen LogP contribution in [0.1, 0.15) is 18.5 Å². The number of alkyl halides is 3. The van der Waals surface area contributed by atoms with Crippen molar-refractivity contribution in [1.82, 2.24) is 0 Å². The summed E-state index contributed by atoms with van der Waals surface area (Å²) < 4.78 is 45.6. The molecule has 0 saturated carbocycles. The van der Waals surface area contributed by atoms with E-state index >= 15 is 0 Å². The van der Waals surface area contributed by atoms with Crippen molar-refractivity contribution in [2.75, 3.05) is 19.8 Å². The van der Waals surface area contributed by atoms with E-state index in [1.54, 1.807) is 6.92 Å². The summed E-state index contributed by atoms with van der Waals surface area (Å²) in [5.41, 5.74) is 6.15. The Kier molecular flexibility index (Phi) is 6.39. The molecule has 0 aliphatic carbocycles. The maximum atomic E-state index is 12.0. The lowest BCUT2D eigenvalue weighted by Gasteiger charge is -2.17. The first-order chi connectivity index (χ1) is 9.24. The van der Waals surface area contributed by atoms with Gasteiger partial charge in [0.1, 0.15) is 12.4 Å². The molecule has 3 nitrogen and oxygen atoms in total. The van der Waals surface area contributed by atoms with E-state index in [4.69, 9.17) is 33.7 Å². The largest absolute Gasteiger partial charge is 0.492 e. The predicted molar refractivity (Wildman–Crippen MR) is 71.4 cm³/mol. The second-order valence-corrected chi connectivity index (χ2v) is 4.79. The smallest absolute Gasteiger partial charge is 0.411 e. The van der Waals surface area contributed by atoms with Crippen molar-refractivity contribution in [1.29, 1.82) is 0 Å². The van der Waals surface area contributed by atoms with Crippen LogP contribution < -0.4 is 10.5 Å². The summed E-state index contributed by atoms with van der Waals surface area (Å²) in [5.74, 6) is 0.395. The number of nitrogens with two attached hydrogens (primary N) is 1. The van der Waals surface area contributed by atoms with Crippen LogP contribution in [0.5, 0.6) is 5.75 Å². The van der Waals surface area contributed by atoms with Gasteiger partial charge < -0.3 is 15.2 Å². The molecule has 1 rings (SSSR count). The molecule has 1 aromatic rings. The highest BCUT2D eigenvalue weighted by Crippen LogP contribution is 2.33. The SMILES string of the molecule is CCOc1cc(Cl)c(C(N)COCC(F)(F)F)cc1Cl. The Bertz CT molecular complexity index is 455. The number of hydrogen-bond acceptors (Lipinski definition) is 3. The third-order valence-electron chi connectivity index (χ3n) is 2.31. The van der Waals surface area contributed by atoms with Gasteiger partial charge in [0.2, 0.25) is 0 Å². The Balaban J connectivity index is 2.73. The van der Waals surface area contributed by atoms with Gasteiger partial charge >= 0.3 is 6.18 Å². The first kappa shape index (κ1) is 17.4. The summed E-state index contributed by atoms with van der Waals surface area (Å²) in [6, 6.07) is 2.14. The fraction of sp³-hybridized carbons (Fsp3) is 0.500. The molecule has 0 bridgehead atoms. The molecular formula is C12H14Cl2F3NO2. The molecule has 0 heterocycles. The van der Waals surface area contributed by atoms with Gasteiger partial charge in [-0.1, -0.05) is 23.2 Å². The second kappa shape index (κ2) is 7.36. The Labute approximate surface area is 124 Å². The highest BCUT2D eigenvalue weighted by atomic mass is 35.5. The molecule has 0 fully saturated rings. The average molecular weight is 332 g/mol. The standard InChI is InChI=1S/C12H14Cl2F3NO2/c1-2-20-11-4-8(13)7(3-9(11)14)10(18)5-19-6-12(15,16)17/h3-4,10H,2,5-6,18H2,1H3. The van der Waals surface area contributed by atoms with Crippen molar-refractivity contribution in [3.8, 4) is 5.75 Å². The second-order valence-electron chi connectivity index (χ2n) is 3.97. The molecule has 0 aliphatic heterocycles. The zero-order valence-corrected chi connectivity index (χ0v) is 12.1. The van der Waals surface area contributed by atoms with E-state index in [-0.39, 0.29) is 16.7 Å². The van der Waals surface area contributed by atoms with Gasteiger partial charge in [-0.25, -0.2) is 0 Å². The first-order valence-electron chi connectivity index (χ1n) is 5.76. The van der Waals surface area contributed by atoms with Crippen molar-refractivity contribution in [3.63, 3.8) is 0 Å². The quantitative estimate of drug-likeness (QED) is 0.857. The molecule has 1 atom stereocenters.